The third-order valence-corrected chi connectivity index (χ3v) is 4.13. The highest BCUT2D eigenvalue weighted by molar-refractivity contribution is 9.10. The molecule has 0 spiro atoms. The van der Waals surface area contributed by atoms with Crippen molar-refractivity contribution in [3.8, 4) is 0 Å². The molecule has 0 fully saturated rings. The van der Waals surface area contributed by atoms with Gasteiger partial charge in [-0.3, -0.25) is 4.79 Å². The molecule has 0 saturated heterocycles. The van der Waals surface area contributed by atoms with Gasteiger partial charge in [0.25, 0.3) is 0 Å². The number of Topliss-reactive ketones (excluding diaryl/α,β-unsaturated/α-hetero) is 1. The molecule has 2 heterocycles. The van der Waals surface area contributed by atoms with Gasteiger partial charge in [0.1, 0.15) is 5.03 Å². The van der Waals surface area contributed by atoms with Crippen LogP contribution in [0.15, 0.2) is 46.3 Å². The normalized spacial score (nSPS) is 10.5. The van der Waals surface area contributed by atoms with Crippen LogP contribution in [-0.2, 0) is 7.05 Å². The van der Waals surface area contributed by atoms with Crippen LogP contribution in [-0.4, -0.2) is 21.1 Å². The Hall–Kier alpha value is -1.07. The molecule has 0 aromatic carbocycles. The minimum Gasteiger partial charge on any atom is -0.357 e. The summed E-state index contributed by atoms with van der Waals surface area (Å²) < 4.78 is 2.79. The number of pyridine rings is 1. The number of carbonyl (C=O) groups excluding carboxylic acids is 1. The first-order chi connectivity index (χ1) is 8.16. The number of carbonyl (C=O) groups is 1. The lowest BCUT2D eigenvalue weighted by molar-refractivity contribution is 0.102. The second-order valence-electron chi connectivity index (χ2n) is 3.57. The lowest BCUT2D eigenvalue weighted by Gasteiger charge is -2.01. The third kappa shape index (κ3) is 3.20. The Bertz CT molecular complexity index is 539. The summed E-state index contributed by atoms with van der Waals surface area (Å²) in [6.45, 7) is 0. The van der Waals surface area contributed by atoms with Crippen LogP contribution in [0, 0.1) is 0 Å². The highest BCUT2D eigenvalue weighted by atomic mass is 79.9. The smallest absolute Gasteiger partial charge is 0.174 e. The molecule has 0 atom stereocenters. The average Bonchev–Trinajstić information content (AvgIpc) is 2.74. The number of aryl methyl sites for hydroxylation is 1. The quantitative estimate of drug-likeness (QED) is 0.642. The van der Waals surface area contributed by atoms with Crippen LogP contribution in [0.25, 0.3) is 0 Å². The largest absolute Gasteiger partial charge is 0.357 e. The Kier molecular flexibility index (Phi) is 4.02. The van der Waals surface area contributed by atoms with Gasteiger partial charge < -0.3 is 4.57 Å². The van der Waals surface area contributed by atoms with Crippen LogP contribution in [0.2, 0.25) is 0 Å². The van der Waals surface area contributed by atoms with E-state index in [1.807, 2.05) is 42.2 Å². The summed E-state index contributed by atoms with van der Waals surface area (Å²) in [7, 11) is 1.90. The van der Waals surface area contributed by atoms with Crippen LogP contribution in [0.3, 0.4) is 0 Å². The molecule has 3 nitrogen and oxygen atoms in total. The molecule has 0 aliphatic rings. The average molecular weight is 311 g/mol. The standard InChI is InChI=1S/C12H11BrN2OS/c1-15-6-4-9(7-15)11(16)8-17-12-10(13)3-2-5-14-12/h2-7H,8H2,1H3. The van der Waals surface area contributed by atoms with E-state index in [1.165, 1.54) is 11.8 Å². The van der Waals surface area contributed by atoms with Crippen LogP contribution in [0.4, 0.5) is 0 Å². The fourth-order valence-electron chi connectivity index (χ4n) is 1.36. The maximum atomic E-state index is 11.9. The Labute approximate surface area is 112 Å². The molecule has 0 saturated carbocycles. The molecule has 0 unspecified atom stereocenters. The van der Waals surface area contributed by atoms with Crippen molar-refractivity contribution in [2.75, 3.05) is 5.75 Å². The maximum Gasteiger partial charge on any atom is 0.174 e. The van der Waals surface area contributed by atoms with Gasteiger partial charge in [0.2, 0.25) is 0 Å². The zero-order valence-corrected chi connectivity index (χ0v) is 11.7. The molecular weight excluding hydrogens is 300 g/mol. The zero-order chi connectivity index (χ0) is 12.3. The van der Waals surface area contributed by atoms with Gasteiger partial charge in [-0.1, -0.05) is 11.8 Å². The van der Waals surface area contributed by atoms with Gasteiger partial charge in [0.15, 0.2) is 5.78 Å². The van der Waals surface area contributed by atoms with E-state index in [1.54, 1.807) is 6.20 Å². The molecule has 2 aromatic rings. The number of thioether (sulfide) groups is 1. The second-order valence-corrected chi connectivity index (χ2v) is 5.39. The topological polar surface area (TPSA) is 34.9 Å². The fraction of sp³-hybridized carbons (Fsp3) is 0.167. The van der Waals surface area contributed by atoms with Crippen LogP contribution in [0.5, 0.6) is 0 Å². The Morgan fingerprint density at radius 2 is 2.35 bits per heavy atom. The lowest BCUT2D eigenvalue weighted by atomic mass is 10.2. The molecule has 88 valence electrons. The van der Waals surface area contributed by atoms with Crippen molar-refractivity contribution in [1.82, 2.24) is 9.55 Å². The van der Waals surface area contributed by atoms with E-state index in [9.17, 15) is 4.79 Å². The minimum absolute atomic E-state index is 0.119. The molecule has 2 aromatic heterocycles. The van der Waals surface area contributed by atoms with Crippen molar-refractivity contribution >= 4 is 33.5 Å². The summed E-state index contributed by atoms with van der Waals surface area (Å²) >= 11 is 4.85. The molecule has 0 radical (unpaired) electrons. The van der Waals surface area contributed by atoms with E-state index in [4.69, 9.17) is 0 Å². The third-order valence-electron chi connectivity index (χ3n) is 2.22. The first-order valence-corrected chi connectivity index (χ1v) is 6.83. The van der Waals surface area contributed by atoms with E-state index in [2.05, 4.69) is 20.9 Å². The van der Waals surface area contributed by atoms with Gasteiger partial charge in [-0.15, -0.1) is 0 Å². The van der Waals surface area contributed by atoms with Crippen molar-refractivity contribution in [2.24, 2.45) is 7.05 Å². The van der Waals surface area contributed by atoms with Gasteiger partial charge in [-0.2, -0.15) is 0 Å². The van der Waals surface area contributed by atoms with Crippen LogP contribution in [0.1, 0.15) is 10.4 Å². The Balaban J connectivity index is 1.99. The van der Waals surface area contributed by atoms with Gasteiger partial charge >= 0.3 is 0 Å². The zero-order valence-electron chi connectivity index (χ0n) is 9.26. The molecule has 2 rings (SSSR count). The lowest BCUT2D eigenvalue weighted by Crippen LogP contribution is -2.01. The number of ketones is 1. The summed E-state index contributed by atoms with van der Waals surface area (Å²) in [5.41, 5.74) is 0.743. The SMILES string of the molecule is Cn1ccc(C(=O)CSc2ncccc2Br)c1. The second kappa shape index (κ2) is 5.51. The fourth-order valence-corrected chi connectivity index (χ4v) is 2.74. The number of hydrogen-bond acceptors (Lipinski definition) is 3. The Morgan fingerprint density at radius 1 is 1.53 bits per heavy atom. The van der Waals surface area contributed by atoms with E-state index < -0.39 is 0 Å². The first kappa shape index (κ1) is 12.4. The number of hydrogen-bond donors (Lipinski definition) is 0. The molecule has 0 aliphatic carbocycles. The predicted octanol–water partition coefficient (Wildman–Crippen LogP) is 3.16. The van der Waals surface area contributed by atoms with Gasteiger partial charge in [-0.25, -0.2) is 4.98 Å². The number of rotatable bonds is 4. The summed E-state index contributed by atoms with van der Waals surface area (Å²) in [4.78, 5) is 16.1. The summed E-state index contributed by atoms with van der Waals surface area (Å²) in [5.74, 6) is 0.521. The molecule has 0 amide bonds. The number of aromatic nitrogens is 2. The highest BCUT2D eigenvalue weighted by Crippen LogP contribution is 2.25. The van der Waals surface area contributed by atoms with E-state index >= 15 is 0 Å². The summed E-state index contributed by atoms with van der Waals surface area (Å²) in [6.07, 6.45) is 5.42. The van der Waals surface area contributed by atoms with Crippen molar-refractivity contribution in [2.45, 2.75) is 5.03 Å². The predicted molar refractivity (Wildman–Crippen MR) is 72.4 cm³/mol. The van der Waals surface area contributed by atoms with Crippen molar-refractivity contribution in [3.05, 3.63) is 46.8 Å². The molecule has 0 aliphatic heterocycles. The number of nitrogens with zero attached hydrogens (tertiary/aromatic N) is 2. The van der Waals surface area contributed by atoms with E-state index in [0.717, 1.165) is 15.1 Å². The van der Waals surface area contributed by atoms with Crippen molar-refractivity contribution in [1.29, 1.82) is 0 Å². The molecule has 0 N–H and O–H groups in total. The van der Waals surface area contributed by atoms with Crippen molar-refractivity contribution < 1.29 is 4.79 Å². The van der Waals surface area contributed by atoms with Gasteiger partial charge in [-0.05, 0) is 34.1 Å². The summed E-state index contributed by atoms with van der Waals surface area (Å²) in [6, 6.07) is 5.60. The van der Waals surface area contributed by atoms with Crippen LogP contribution < -0.4 is 0 Å². The molecule has 0 bridgehead atoms. The van der Waals surface area contributed by atoms with E-state index in [-0.39, 0.29) is 5.78 Å². The molecule has 5 heteroatoms. The molecule has 17 heavy (non-hydrogen) atoms. The van der Waals surface area contributed by atoms with E-state index in [0.29, 0.717) is 5.75 Å². The molecular formula is C12H11BrN2OS. The maximum absolute atomic E-state index is 11.9. The van der Waals surface area contributed by atoms with Gasteiger partial charge in [0.05, 0.1) is 5.75 Å². The van der Waals surface area contributed by atoms with Crippen molar-refractivity contribution in [3.63, 3.8) is 0 Å². The Morgan fingerprint density at radius 3 is 3.00 bits per heavy atom. The monoisotopic (exact) mass is 310 g/mol. The highest BCUT2D eigenvalue weighted by Gasteiger charge is 2.09. The van der Waals surface area contributed by atoms with Gasteiger partial charge in [0, 0.05) is 35.7 Å². The number of halogens is 1. The first-order valence-electron chi connectivity index (χ1n) is 5.05. The minimum atomic E-state index is 0.119. The van der Waals surface area contributed by atoms with Crippen LogP contribution >= 0.6 is 27.7 Å². The summed E-state index contributed by atoms with van der Waals surface area (Å²) in [5, 5.41) is 0.844.